The van der Waals surface area contributed by atoms with E-state index in [4.69, 9.17) is 10.8 Å². The summed E-state index contributed by atoms with van der Waals surface area (Å²) in [7, 11) is 1.25. The molecule has 0 aromatic heterocycles. The maximum atomic E-state index is 11.5. The molecule has 1 rings (SSSR count). The topological polar surface area (TPSA) is 102 Å². The number of hydrogen-bond acceptors (Lipinski definition) is 5. The van der Waals surface area contributed by atoms with Gasteiger partial charge in [-0.05, 0) is 17.7 Å². The van der Waals surface area contributed by atoms with Crippen LogP contribution in [0.4, 0.5) is 0 Å². The molecular weight excluding hydrogens is 236 g/mol. The molecule has 0 saturated carbocycles. The number of nitrogens with one attached hydrogen (secondary N) is 1. The molecule has 0 fully saturated rings. The highest BCUT2D eigenvalue weighted by Crippen LogP contribution is 2.11. The molecule has 0 saturated heterocycles. The van der Waals surface area contributed by atoms with E-state index in [9.17, 15) is 9.59 Å². The Hall–Kier alpha value is -2.08. The van der Waals surface area contributed by atoms with E-state index in [0.29, 0.717) is 0 Å². The van der Waals surface area contributed by atoms with Crippen molar-refractivity contribution < 1.29 is 19.4 Å². The van der Waals surface area contributed by atoms with Crippen molar-refractivity contribution in [2.75, 3.05) is 13.7 Å². The summed E-state index contributed by atoms with van der Waals surface area (Å²) in [5.41, 5.74) is 5.97. The normalized spacial score (nSPS) is 11.7. The fourth-order valence-electron chi connectivity index (χ4n) is 1.46. The van der Waals surface area contributed by atoms with Gasteiger partial charge in [-0.15, -0.1) is 0 Å². The molecule has 1 aromatic carbocycles. The summed E-state index contributed by atoms with van der Waals surface area (Å²) in [5.74, 6) is -0.826. The fourth-order valence-corrected chi connectivity index (χ4v) is 1.46. The van der Waals surface area contributed by atoms with Crippen LogP contribution in [0.3, 0.4) is 0 Å². The summed E-state index contributed by atoms with van der Waals surface area (Å²) in [5, 5.41) is 11.6. The maximum Gasteiger partial charge on any atom is 0.328 e. The molecule has 1 aromatic rings. The van der Waals surface area contributed by atoms with Crippen LogP contribution in [0.15, 0.2) is 24.3 Å². The summed E-state index contributed by atoms with van der Waals surface area (Å²) in [6, 6.07) is 5.57. The van der Waals surface area contributed by atoms with Crippen molar-refractivity contribution in [2.45, 2.75) is 12.5 Å². The van der Waals surface area contributed by atoms with Crippen molar-refractivity contribution in [3.8, 4) is 5.75 Å². The lowest BCUT2D eigenvalue weighted by Crippen LogP contribution is -2.45. The Bertz CT molecular complexity index is 417. The molecular formula is C12H16N2O4. The molecule has 1 atom stereocenters. The summed E-state index contributed by atoms with van der Waals surface area (Å²) in [4.78, 5) is 22.7. The third-order valence-electron chi connectivity index (χ3n) is 2.38. The quantitative estimate of drug-likeness (QED) is 0.616. The second-order valence-electron chi connectivity index (χ2n) is 3.72. The molecule has 0 aliphatic carbocycles. The first-order valence-corrected chi connectivity index (χ1v) is 5.42. The highest BCUT2D eigenvalue weighted by molar-refractivity contribution is 5.85. The summed E-state index contributed by atoms with van der Waals surface area (Å²) < 4.78 is 4.61. The molecule has 1 amide bonds. The third kappa shape index (κ3) is 4.06. The first-order chi connectivity index (χ1) is 8.56. The van der Waals surface area contributed by atoms with Gasteiger partial charge in [-0.25, -0.2) is 4.79 Å². The lowest BCUT2D eigenvalue weighted by molar-refractivity contribution is -0.144. The van der Waals surface area contributed by atoms with Crippen LogP contribution < -0.4 is 11.1 Å². The Kier molecular flexibility index (Phi) is 5.13. The van der Waals surface area contributed by atoms with E-state index in [2.05, 4.69) is 10.1 Å². The van der Waals surface area contributed by atoms with Gasteiger partial charge in [0.15, 0.2) is 0 Å². The van der Waals surface area contributed by atoms with Gasteiger partial charge in [-0.1, -0.05) is 12.1 Å². The minimum absolute atomic E-state index is 0.138. The van der Waals surface area contributed by atoms with Crippen LogP contribution in [0.5, 0.6) is 5.75 Å². The van der Waals surface area contributed by atoms with Gasteiger partial charge in [0.05, 0.1) is 13.7 Å². The fraction of sp³-hybridized carbons (Fsp3) is 0.333. The van der Waals surface area contributed by atoms with Gasteiger partial charge in [0.2, 0.25) is 5.91 Å². The number of amides is 1. The molecule has 6 heteroatoms. The standard InChI is InChI=1S/C12H16N2O4/c1-18-12(17)10(14-11(16)7-13)6-8-2-4-9(15)5-3-8/h2-5,10,15H,6-7,13H2,1H3,(H,14,16)/t10-/m0/s1. The zero-order valence-corrected chi connectivity index (χ0v) is 10.1. The van der Waals surface area contributed by atoms with Crippen molar-refractivity contribution >= 4 is 11.9 Å². The monoisotopic (exact) mass is 252 g/mol. The first-order valence-electron chi connectivity index (χ1n) is 5.42. The predicted molar refractivity (Wildman–Crippen MR) is 64.8 cm³/mol. The lowest BCUT2D eigenvalue weighted by Gasteiger charge is -2.16. The van der Waals surface area contributed by atoms with Crippen molar-refractivity contribution in [2.24, 2.45) is 5.73 Å². The van der Waals surface area contributed by atoms with Crippen LogP contribution in [0.25, 0.3) is 0 Å². The SMILES string of the molecule is COC(=O)[C@H](Cc1ccc(O)cc1)NC(=O)CN. The third-order valence-corrected chi connectivity index (χ3v) is 2.38. The summed E-state index contributed by atoms with van der Waals surface area (Å²) in [6.07, 6.45) is 0.276. The van der Waals surface area contributed by atoms with Crippen LogP contribution in [0.1, 0.15) is 5.56 Å². The van der Waals surface area contributed by atoms with Crippen LogP contribution in [-0.2, 0) is 20.7 Å². The van der Waals surface area contributed by atoms with Crippen LogP contribution >= 0.6 is 0 Å². The van der Waals surface area contributed by atoms with E-state index in [1.165, 1.54) is 19.2 Å². The smallest absolute Gasteiger partial charge is 0.328 e. The number of rotatable bonds is 5. The number of benzene rings is 1. The average Bonchev–Trinajstić information content (AvgIpc) is 2.39. The Balaban J connectivity index is 2.74. The largest absolute Gasteiger partial charge is 0.508 e. The van der Waals surface area contributed by atoms with Gasteiger partial charge in [0, 0.05) is 6.42 Å². The van der Waals surface area contributed by atoms with E-state index in [0.717, 1.165) is 5.56 Å². The molecule has 0 aliphatic rings. The number of ether oxygens (including phenoxy) is 1. The highest BCUT2D eigenvalue weighted by Gasteiger charge is 2.21. The maximum absolute atomic E-state index is 11.5. The Labute approximate surface area is 105 Å². The zero-order chi connectivity index (χ0) is 13.5. The minimum Gasteiger partial charge on any atom is -0.508 e. The number of hydrogen-bond donors (Lipinski definition) is 3. The van der Waals surface area contributed by atoms with E-state index < -0.39 is 17.9 Å². The summed E-state index contributed by atoms with van der Waals surface area (Å²) >= 11 is 0. The van der Waals surface area contributed by atoms with Gasteiger partial charge < -0.3 is 20.9 Å². The molecule has 0 aliphatic heterocycles. The van der Waals surface area contributed by atoms with Crippen molar-refractivity contribution in [3.05, 3.63) is 29.8 Å². The average molecular weight is 252 g/mol. The number of carbonyl (C=O) groups is 2. The van der Waals surface area contributed by atoms with E-state index in [-0.39, 0.29) is 18.7 Å². The number of carbonyl (C=O) groups excluding carboxylic acids is 2. The second kappa shape index (κ2) is 6.61. The molecule has 0 radical (unpaired) electrons. The van der Waals surface area contributed by atoms with Gasteiger partial charge in [-0.3, -0.25) is 4.79 Å². The number of esters is 1. The number of nitrogens with two attached hydrogens (primary N) is 1. The van der Waals surface area contributed by atoms with Crippen LogP contribution in [0, 0.1) is 0 Å². The molecule has 0 spiro atoms. The number of phenols is 1. The molecule has 98 valence electrons. The number of aromatic hydroxyl groups is 1. The van der Waals surface area contributed by atoms with E-state index in [1.807, 2.05) is 0 Å². The van der Waals surface area contributed by atoms with Crippen molar-refractivity contribution in [1.29, 1.82) is 0 Å². The van der Waals surface area contributed by atoms with Gasteiger partial charge >= 0.3 is 5.97 Å². The zero-order valence-electron chi connectivity index (χ0n) is 10.1. The van der Waals surface area contributed by atoms with Gasteiger partial charge in [0.25, 0.3) is 0 Å². The Morgan fingerprint density at radius 3 is 2.50 bits per heavy atom. The Morgan fingerprint density at radius 1 is 1.39 bits per heavy atom. The van der Waals surface area contributed by atoms with E-state index in [1.54, 1.807) is 12.1 Å². The summed E-state index contributed by atoms with van der Waals surface area (Å²) in [6.45, 7) is -0.191. The molecule has 18 heavy (non-hydrogen) atoms. The van der Waals surface area contributed by atoms with Crippen molar-refractivity contribution in [3.63, 3.8) is 0 Å². The first kappa shape index (κ1) is 14.0. The molecule has 0 heterocycles. The second-order valence-corrected chi connectivity index (χ2v) is 3.72. The van der Waals surface area contributed by atoms with Crippen LogP contribution in [0.2, 0.25) is 0 Å². The van der Waals surface area contributed by atoms with Crippen LogP contribution in [-0.4, -0.2) is 36.7 Å². The molecule has 6 nitrogen and oxygen atoms in total. The molecule has 0 unspecified atom stereocenters. The van der Waals surface area contributed by atoms with Gasteiger partial charge in [0.1, 0.15) is 11.8 Å². The Morgan fingerprint density at radius 2 is 2.00 bits per heavy atom. The van der Waals surface area contributed by atoms with Crippen molar-refractivity contribution in [1.82, 2.24) is 5.32 Å². The number of methoxy groups -OCH3 is 1. The lowest BCUT2D eigenvalue weighted by atomic mass is 10.1. The number of phenolic OH excluding ortho intramolecular Hbond substituents is 1. The van der Waals surface area contributed by atoms with E-state index >= 15 is 0 Å². The molecule has 0 bridgehead atoms. The van der Waals surface area contributed by atoms with Gasteiger partial charge in [-0.2, -0.15) is 0 Å². The highest BCUT2D eigenvalue weighted by atomic mass is 16.5. The molecule has 4 N–H and O–H groups in total. The predicted octanol–water partition coefficient (Wildman–Crippen LogP) is -0.449. The minimum atomic E-state index is -0.782.